The molecule has 0 aromatic heterocycles. The van der Waals surface area contributed by atoms with Gasteiger partial charge in [0.2, 0.25) is 0 Å². The van der Waals surface area contributed by atoms with E-state index in [0.29, 0.717) is 5.56 Å². The summed E-state index contributed by atoms with van der Waals surface area (Å²) in [6.45, 7) is 3.86. The van der Waals surface area contributed by atoms with E-state index in [1.807, 2.05) is 48.5 Å². The average Bonchev–Trinajstić information content (AvgIpc) is 2.74. The minimum atomic E-state index is -0.885. The van der Waals surface area contributed by atoms with E-state index in [1.54, 1.807) is 6.08 Å². The van der Waals surface area contributed by atoms with E-state index in [-0.39, 0.29) is 5.78 Å². The highest BCUT2D eigenvalue weighted by molar-refractivity contribution is 9.10. The molecule has 1 heterocycles. The molecule has 1 N–H and O–H groups in total. The van der Waals surface area contributed by atoms with Crippen molar-refractivity contribution in [1.82, 2.24) is 0 Å². The molecular formula is C16H12BrNO. The van der Waals surface area contributed by atoms with E-state index in [9.17, 15) is 4.79 Å². The predicted octanol–water partition coefficient (Wildman–Crippen LogP) is 4.14. The molecule has 1 aliphatic heterocycles. The summed E-state index contributed by atoms with van der Waals surface area (Å²) in [5.41, 5.74) is 1.55. The van der Waals surface area contributed by atoms with Gasteiger partial charge in [-0.1, -0.05) is 58.9 Å². The van der Waals surface area contributed by atoms with Crippen molar-refractivity contribution in [3.8, 4) is 0 Å². The van der Waals surface area contributed by atoms with Gasteiger partial charge in [0.25, 0.3) is 0 Å². The number of ketones is 1. The highest BCUT2D eigenvalue weighted by atomic mass is 79.9. The number of para-hydroxylation sites is 1. The van der Waals surface area contributed by atoms with Crippen LogP contribution in [-0.2, 0) is 5.54 Å². The highest BCUT2D eigenvalue weighted by Crippen LogP contribution is 2.42. The Bertz CT molecular complexity index is 680. The number of carbonyl (C=O) groups is 1. The van der Waals surface area contributed by atoms with Gasteiger partial charge in [-0.15, -0.1) is 0 Å². The van der Waals surface area contributed by atoms with E-state index >= 15 is 0 Å². The Kier molecular flexibility index (Phi) is 2.79. The maximum Gasteiger partial charge on any atom is 0.198 e. The molecule has 0 radical (unpaired) electrons. The summed E-state index contributed by atoms with van der Waals surface area (Å²) in [5.74, 6) is 0.0324. The van der Waals surface area contributed by atoms with Gasteiger partial charge in [-0.05, 0) is 18.2 Å². The molecule has 0 aliphatic carbocycles. The maximum absolute atomic E-state index is 12.7. The van der Waals surface area contributed by atoms with Gasteiger partial charge in [0.15, 0.2) is 5.78 Å². The lowest BCUT2D eigenvalue weighted by atomic mass is 9.86. The van der Waals surface area contributed by atoms with Gasteiger partial charge >= 0.3 is 0 Å². The SMILES string of the molecule is C=CC1(c2ccccc2Br)Nc2ccccc2C1=O. The molecule has 3 rings (SSSR count). The van der Waals surface area contributed by atoms with Crippen LogP contribution >= 0.6 is 15.9 Å². The number of rotatable bonds is 2. The Morgan fingerprint density at radius 2 is 1.79 bits per heavy atom. The third kappa shape index (κ3) is 1.65. The van der Waals surface area contributed by atoms with Crippen LogP contribution in [0.15, 0.2) is 65.7 Å². The molecule has 0 fully saturated rings. The summed E-state index contributed by atoms with van der Waals surface area (Å²) in [7, 11) is 0. The van der Waals surface area contributed by atoms with Gasteiger partial charge in [0, 0.05) is 21.3 Å². The monoisotopic (exact) mass is 313 g/mol. The zero-order valence-electron chi connectivity index (χ0n) is 10.2. The predicted molar refractivity (Wildman–Crippen MR) is 80.4 cm³/mol. The van der Waals surface area contributed by atoms with Crippen molar-refractivity contribution in [2.24, 2.45) is 0 Å². The van der Waals surface area contributed by atoms with Crippen molar-refractivity contribution in [1.29, 1.82) is 0 Å². The molecular weight excluding hydrogens is 302 g/mol. The first-order valence-corrected chi connectivity index (χ1v) is 6.79. The molecule has 1 aliphatic rings. The van der Waals surface area contributed by atoms with Gasteiger partial charge < -0.3 is 5.32 Å². The molecule has 2 aromatic carbocycles. The zero-order valence-corrected chi connectivity index (χ0v) is 11.8. The fourth-order valence-corrected chi connectivity index (χ4v) is 3.09. The summed E-state index contributed by atoms with van der Waals surface area (Å²) in [6.07, 6.45) is 1.68. The summed E-state index contributed by atoms with van der Waals surface area (Å²) in [5, 5.41) is 3.31. The van der Waals surface area contributed by atoms with Crippen LogP contribution in [0.2, 0.25) is 0 Å². The summed E-state index contributed by atoms with van der Waals surface area (Å²) >= 11 is 3.51. The molecule has 0 spiro atoms. The number of Topliss-reactive ketones (excluding diaryl/α,β-unsaturated/α-hetero) is 1. The van der Waals surface area contributed by atoms with Crippen molar-refractivity contribution in [3.05, 3.63) is 76.8 Å². The number of hydrogen-bond acceptors (Lipinski definition) is 2. The quantitative estimate of drug-likeness (QED) is 0.844. The minimum absolute atomic E-state index is 0.0324. The van der Waals surface area contributed by atoms with Crippen LogP contribution in [0.3, 0.4) is 0 Å². The van der Waals surface area contributed by atoms with E-state index in [2.05, 4.69) is 27.8 Å². The molecule has 2 aromatic rings. The minimum Gasteiger partial charge on any atom is -0.365 e. The Morgan fingerprint density at radius 3 is 2.47 bits per heavy atom. The summed E-state index contributed by atoms with van der Waals surface area (Å²) < 4.78 is 0.892. The molecule has 0 amide bonds. The number of fused-ring (bicyclic) bond motifs is 1. The lowest BCUT2D eigenvalue weighted by Crippen LogP contribution is -2.36. The van der Waals surface area contributed by atoms with Crippen molar-refractivity contribution >= 4 is 27.4 Å². The van der Waals surface area contributed by atoms with Crippen LogP contribution in [0.5, 0.6) is 0 Å². The van der Waals surface area contributed by atoms with Crippen LogP contribution in [0.1, 0.15) is 15.9 Å². The summed E-state index contributed by atoms with van der Waals surface area (Å²) in [6, 6.07) is 15.2. The number of hydrogen-bond donors (Lipinski definition) is 1. The highest BCUT2D eigenvalue weighted by Gasteiger charge is 2.45. The Labute approximate surface area is 120 Å². The van der Waals surface area contributed by atoms with Crippen molar-refractivity contribution in [3.63, 3.8) is 0 Å². The van der Waals surface area contributed by atoms with Crippen molar-refractivity contribution in [2.45, 2.75) is 5.54 Å². The fourth-order valence-electron chi connectivity index (χ4n) is 2.50. The van der Waals surface area contributed by atoms with Gasteiger partial charge in [-0.2, -0.15) is 0 Å². The Morgan fingerprint density at radius 1 is 1.11 bits per heavy atom. The third-order valence-electron chi connectivity index (χ3n) is 3.47. The van der Waals surface area contributed by atoms with Gasteiger partial charge in [-0.3, -0.25) is 4.79 Å². The molecule has 1 unspecified atom stereocenters. The van der Waals surface area contributed by atoms with Gasteiger partial charge in [0.1, 0.15) is 5.54 Å². The third-order valence-corrected chi connectivity index (χ3v) is 4.16. The van der Waals surface area contributed by atoms with Crippen LogP contribution in [0.4, 0.5) is 5.69 Å². The molecule has 94 valence electrons. The number of nitrogens with one attached hydrogen (secondary N) is 1. The first-order chi connectivity index (χ1) is 9.19. The number of benzene rings is 2. The largest absolute Gasteiger partial charge is 0.365 e. The second kappa shape index (κ2) is 4.35. The number of carbonyl (C=O) groups excluding carboxylic acids is 1. The fraction of sp³-hybridized carbons (Fsp3) is 0.0625. The van der Waals surface area contributed by atoms with E-state index < -0.39 is 5.54 Å². The number of anilines is 1. The topological polar surface area (TPSA) is 29.1 Å². The first-order valence-electron chi connectivity index (χ1n) is 5.99. The number of halogens is 1. The lowest BCUT2D eigenvalue weighted by Gasteiger charge is -2.26. The molecule has 1 atom stereocenters. The van der Waals surface area contributed by atoms with Gasteiger partial charge in [0.05, 0.1) is 0 Å². The Hall–Kier alpha value is -1.87. The van der Waals surface area contributed by atoms with Crippen LogP contribution in [0, 0.1) is 0 Å². The summed E-state index contributed by atoms with van der Waals surface area (Å²) in [4.78, 5) is 12.7. The van der Waals surface area contributed by atoms with Gasteiger partial charge in [-0.25, -0.2) is 0 Å². The molecule has 0 saturated heterocycles. The Balaban J connectivity index is 2.22. The average molecular weight is 314 g/mol. The maximum atomic E-state index is 12.7. The van der Waals surface area contributed by atoms with E-state index in [1.165, 1.54) is 0 Å². The lowest BCUT2D eigenvalue weighted by molar-refractivity contribution is 0.0944. The van der Waals surface area contributed by atoms with Crippen LogP contribution < -0.4 is 5.32 Å². The van der Waals surface area contributed by atoms with Crippen LogP contribution in [0.25, 0.3) is 0 Å². The van der Waals surface area contributed by atoms with E-state index in [0.717, 1.165) is 15.7 Å². The molecule has 3 heteroatoms. The second-order valence-electron chi connectivity index (χ2n) is 4.49. The van der Waals surface area contributed by atoms with Crippen molar-refractivity contribution in [2.75, 3.05) is 5.32 Å². The smallest absolute Gasteiger partial charge is 0.198 e. The first kappa shape index (κ1) is 12.2. The molecule has 0 bridgehead atoms. The standard InChI is InChI=1S/C16H12BrNO/c1-2-16(12-8-4-5-9-13(12)17)15(19)11-7-3-6-10-14(11)18-16/h2-10,18H,1H2. The van der Waals surface area contributed by atoms with Crippen molar-refractivity contribution < 1.29 is 4.79 Å². The zero-order chi connectivity index (χ0) is 13.5. The van der Waals surface area contributed by atoms with E-state index in [4.69, 9.17) is 0 Å². The normalized spacial score (nSPS) is 20.8. The molecule has 19 heavy (non-hydrogen) atoms. The molecule has 2 nitrogen and oxygen atoms in total. The van der Waals surface area contributed by atoms with Crippen LogP contribution in [-0.4, -0.2) is 5.78 Å². The second-order valence-corrected chi connectivity index (χ2v) is 5.35. The molecule has 0 saturated carbocycles.